The zero-order valence-corrected chi connectivity index (χ0v) is 46.9. The summed E-state index contributed by atoms with van der Waals surface area (Å²) in [5.74, 6) is 5.69. The third kappa shape index (κ3) is 21.2. The molecule has 6 heteroatoms. The van der Waals surface area contributed by atoms with Crippen LogP contribution in [-0.2, 0) is 19.1 Å². The summed E-state index contributed by atoms with van der Waals surface area (Å²) in [7, 11) is 0. The van der Waals surface area contributed by atoms with E-state index in [1.807, 2.05) is 0 Å². The molecule has 69 heavy (non-hydrogen) atoms. The predicted octanol–water partition coefficient (Wildman–Crippen LogP) is 17.6. The van der Waals surface area contributed by atoms with Crippen LogP contribution in [0.4, 0.5) is 0 Å². The zero-order chi connectivity index (χ0) is 49.7. The summed E-state index contributed by atoms with van der Waals surface area (Å²) in [5, 5.41) is 9.41. The molecular formula is C63H115NO5. The molecule has 6 nitrogen and oxygen atoms in total. The van der Waals surface area contributed by atoms with Crippen LogP contribution < -0.4 is 0 Å². The highest BCUT2D eigenvalue weighted by atomic mass is 16.5. The summed E-state index contributed by atoms with van der Waals surface area (Å²) >= 11 is 0. The first-order valence-corrected chi connectivity index (χ1v) is 30.8. The number of hydrogen-bond acceptors (Lipinski definition) is 6. The monoisotopic (exact) mass is 966 g/mol. The van der Waals surface area contributed by atoms with Gasteiger partial charge in [0.05, 0.1) is 6.61 Å². The van der Waals surface area contributed by atoms with Crippen LogP contribution in [0.25, 0.3) is 0 Å². The van der Waals surface area contributed by atoms with Gasteiger partial charge in [-0.1, -0.05) is 182 Å². The van der Waals surface area contributed by atoms with Crippen molar-refractivity contribution in [2.45, 2.75) is 292 Å². The standard InChI is InChI=1S/C63H115NO5/c1-8-10-12-14-17-23-34-53(33-22-13-11-9-2)50-68-60(66)35-24-18-15-20-26-45-64(47-28-29-48-65)46-27-21-16-19-25-36-61(67)69-55-41-43-62(6)54(49-55)37-38-56-58-40-39-57(52(5)32-30-31-51(3)4)63(58,7)44-42-59(56)62/h37,51-53,55-59,65H,8-36,38-50H2,1-7H3/t52-,53?,55+,56+,57-,58+,59+,62+,63-/m1/s1. The van der Waals surface area contributed by atoms with E-state index in [2.05, 4.69) is 59.4 Å². The Morgan fingerprint density at radius 3 is 1.86 bits per heavy atom. The van der Waals surface area contributed by atoms with Crippen LogP contribution in [0.15, 0.2) is 11.6 Å². The molecule has 0 amide bonds. The topological polar surface area (TPSA) is 76.1 Å². The fourth-order valence-corrected chi connectivity index (χ4v) is 14.7. The van der Waals surface area contributed by atoms with Crippen molar-refractivity contribution in [3.63, 3.8) is 0 Å². The Labute approximate surface area is 428 Å². The van der Waals surface area contributed by atoms with Gasteiger partial charge in [0.1, 0.15) is 6.10 Å². The van der Waals surface area contributed by atoms with E-state index in [4.69, 9.17) is 9.47 Å². The van der Waals surface area contributed by atoms with Crippen molar-refractivity contribution in [3.05, 3.63) is 11.6 Å². The number of rotatable bonds is 40. The maximum atomic E-state index is 13.1. The molecule has 4 aliphatic carbocycles. The average molecular weight is 967 g/mol. The molecule has 3 saturated carbocycles. The molecule has 1 N–H and O–H groups in total. The molecule has 0 saturated heterocycles. The van der Waals surface area contributed by atoms with Gasteiger partial charge in [-0.15, -0.1) is 0 Å². The van der Waals surface area contributed by atoms with Crippen molar-refractivity contribution in [1.29, 1.82) is 0 Å². The van der Waals surface area contributed by atoms with Gasteiger partial charge in [0.2, 0.25) is 0 Å². The minimum absolute atomic E-state index is 0.00832. The quantitative estimate of drug-likeness (QED) is 0.0375. The van der Waals surface area contributed by atoms with Crippen LogP contribution in [0.2, 0.25) is 0 Å². The van der Waals surface area contributed by atoms with Crippen LogP contribution in [0.3, 0.4) is 0 Å². The van der Waals surface area contributed by atoms with E-state index >= 15 is 0 Å². The van der Waals surface area contributed by atoms with E-state index < -0.39 is 0 Å². The van der Waals surface area contributed by atoms with Gasteiger partial charge in [-0.05, 0) is 168 Å². The number of unbranched alkanes of at least 4 members (excludes halogenated alkanes) is 17. The van der Waals surface area contributed by atoms with Gasteiger partial charge in [0.25, 0.3) is 0 Å². The van der Waals surface area contributed by atoms with Crippen molar-refractivity contribution in [2.24, 2.45) is 52.3 Å². The van der Waals surface area contributed by atoms with E-state index in [0.717, 1.165) is 107 Å². The average Bonchev–Trinajstić information content (AvgIpc) is 3.69. The summed E-state index contributed by atoms with van der Waals surface area (Å²) in [5.41, 5.74) is 2.45. The second-order valence-corrected chi connectivity index (χ2v) is 24.9. The number of hydrogen-bond donors (Lipinski definition) is 1. The largest absolute Gasteiger partial charge is 0.465 e. The fraction of sp³-hybridized carbons (Fsp3) is 0.937. The van der Waals surface area contributed by atoms with Crippen LogP contribution in [0.1, 0.15) is 286 Å². The van der Waals surface area contributed by atoms with Gasteiger partial charge in [-0.25, -0.2) is 0 Å². The third-order valence-electron chi connectivity index (χ3n) is 19.1. The molecule has 0 aliphatic heterocycles. The molecule has 1 unspecified atom stereocenters. The second-order valence-electron chi connectivity index (χ2n) is 24.9. The molecule has 0 aromatic carbocycles. The van der Waals surface area contributed by atoms with Crippen LogP contribution in [0, 0.1) is 52.3 Å². The number of nitrogens with zero attached hydrogens (tertiary/aromatic N) is 1. The highest BCUT2D eigenvalue weighted by Crippen LogP contribution is 2.67. The second kappa shape index (κ2) is 34.2. The van der Waals surface area contributed by atoms with Crippen LogP contribution >= 0.6 is 0 Å². The van der Waals surface area contributed by atoms with Crippen LogP contribution in [-0.4, -0.2) is 60.9 Å². The van der Waals surface area contributed by atoms with E-state index in [0.29, 0.717) is 36.2 Å². The highest BCUT2D eigenvalue weighted by molar-refractivity contribution is 5.69. The summed E-state index contributed by atoms with van der Waals surface area (Å²) in [6.07, 6.45) is 46.8. The predicted molar refractivity (Wildman–Crippen MR) is 292 cm³/mol. The molecule has 4 aliphatic rings. The van der Waals surface area contributed by atoms with Crippen molar-refractivity contribution in [2.75, 3.05) is 32.8 Å². The summed E-state index contributed by atoms with van der Waals surface area (Å²) < 4.78 is 12.0. The summed E-state index contributed by atoms with van der Waals surface area (Å²) in [6, 6.07) is 0. The molecule has 0 heterocycles. The lowest BCUT2D eigenvalue weighted by Gasteiger charge is -2.58. The minimum atomic E-state index is 0.00832. The molecule has 9 atom stereocenters. The van der Waals surface area contributed by atoms with E-state index in [1.54, 1.807) is 5.57 Å². The van der Waals surface area contributed by atoms with Gasteiger partial charge in [-0.3, -0.25) is 9.59 Å². The fourth-order valence-electron chi connectivity index (χ4n) is 14.7. The Bertz CT molecular complexity index is 1390. The van der Waals surface area contributed by atoms with Crippen molar-refractivity contribution < 1.29 is 24.2 Å². The Morgan fingerprint density at radius 2 is 1.22 bits per heavy atom. The maximum absolute atomic E-state index is 13.1. The van der Waals surface area contributed by atoms with E-state index in [-0.39, 0.29) is 24.6 Å². The smallest absolute Gasteiger partial charge is 0.306 e. The Kier molecular flexibility index (Phi) is 29.8. The van der Waals surface area contributed by atoms with Gasteiger partial charge >= 0.3 is 11.9 Å². The molecule has 4 rings (SSSR count). The molecule has 402 valence electrons. The number of allylic oxidation sites excluding steroid dienone is 1. The summed E-state index contributed by atoms with van der Waals surface area (Å²) in [4.78, 5) is 28.4. The van der Waals surface area contributed by atoms with Gasteiger partial charge in [0, 0.05) is 25.9 Å². The molecule has 0 aromatic rings. The lowest BCUT2D eigenvalue weighted by atomic mass is 9.47. The Balaban J connectivity index is 1.04. The SMILES string of the molecule is CCCCCCCCC(CCCCCC)COC(=O)CCCCCCCN(CCCCO)CCCCCCCC(=O)O[C@H]1CC[C@@]2(C)C(=CC[C@H]3[C@@H]4CC[C@H]([C@H](C)CCCC(C)C)[C@@]4(C)CC[C@@H]32)C1. The normalized spacial score (nSPS) is 26.3. The van der Waals surface area contributed by atoms with E-state index in [1.165, 1.54) is 173 Å². The molecular weight excluding hydrogens is 851 g/mol. The first-order valence-electron chi connectivity index (χ1n) is 30.8. The van der Waals surface area contributed by atoms with Gasteiger partial charge < -0.3 is 19.5 Å². The maximum Gasteiger partial charge on any atom is 0.306 e. The highest BCUT2D eigenvalue weighted by Gasteiger charge is 2.59. The first kappa shape index (κ1) is 60.2. The molecule has 0 spiro atoms. The summed E-state index contributed by atoms with van der Waals surface area (Å²) in [6.45, 7) is 21.4. The molecule has 0 radical (unpaired) electrons. The number of ether oxygens (including phenoxy) is 2. The Morgan fingerprint density at radius 1 is 0.638 bits per heavy atom. The molecule has 0 aromatic heterocycles. The molecule has 0 bridgehead atoms. The number of carbonyl (C=O) groups is 2. The number of esters is 2. The lowest BCUT2D eigenvalue weighted by Crippen LogP contribution is -2.51. The molecule has 3 fully saturated rings. The zero-order valence-electron chi connectivity index (χ0n) is 46.9. The van der Waals surface area contributed by atoms with Crippen molar-refractivity contribution >= 4 is 11.9 Å². The minimum Gasteiger partial charge on any atom is -0.465 e. The lowest BCUT2D eigenvalue weighted by molar-refractivity contribution is -0.151. The third-order valence-corrected chi connectivity index (χ3v) is 19.1. The number of aliphatic hydroxyl groups excluding tert-OH is 1. The van der Waals surface area contributed by atoms with Gasteiger partial charge in [-0.2, -0.15) is 0 Å². The van der Waals surface area contributed by atoms with Crippen molar-refractivity contribution in [1.82, 2.24) is 4.90 Å². The van der Waals surface area contributed by atoms with Crippen LogP contribution in [0.5, 0.6) is 0 Å². The van der Waals surface area contributed by atoms with E-state index in [9.17, 15) is 14.7 Å². The first-order chi connectivity index (χ1) is 33.4. The number of carbonyl (C=O) groups excluding carboxylic acids is 2. The number of fused-ring (bicyclic) bond motifs is 5. The Hall–Kier alpha value is -1.40. The van der Waals surface area contributed by atoms with Gasteiger partial charge in [0.15, 0.2) is 0 Å². The number of aliphatic hydroxyl groups is 1. The van der Waals surface area contributed by atoms with Crippen molar-refractivity contribution in [3.8, 4) is 0 Å².